The Bertz CT molecular complexity index is 440. The molecule has 120 valence electrons. The number of furan rings is 1. The van der Waals surface area contributed by atoms with Gasteiger partial charge in [0.1, 0.15) is 11.5 Å². The van der Waals surface area contributed by atoms with Gasteiger partial charge in [0.2, 0.25) is 0 Å². The van der Waals surface area contributed by atoms with Crippen molar-refractivity contribution in [3.05, 3.63) is 23.2 Å². The van der Waals surface area contributed by atoms with E-state index in [-0.39, 0.29) is 0 Å². The molecule has 1 fully saturated rings. The average Bonchev–Trinajstić information content (AvgIpc) is 2.97. The van der Waals surface area contributed by atoms with Crippen molar-refractivity contribution >= 4 is 0 Å². The molecular weight excluding hydrogens is 258 g/mol. The van der Waals surface area contributed by atoms with Crippen molar-refractivity contribution in [1.29, 1.82) is 0 Å². The van der Waals surface area contributed by atoms with Crippen molar-refractivity contribution in [3.8, 4) is 0 Å². The van der Waals surface area contributed by atoms with Crippen LogP contribution in [0.1, 0.15) is 82.4 Å². The van der Waals surface area contributed by atoms with E-state index in [1.807, 2.05) is 0 Å². The number of hydrogen-bond donors (Lipinski definition) is 1. The lowest BCUT2D eigenvalue weighted by Gasteiger charge is -2.40. The topological polar surface area (TPSA) is 25.2 Å². The van der Waals surface area contributed by atoms with E-state index in [0.717, 1.165) is 24.0 Å². The Hall–Kier alpha value is -0.760. The molecule has 2 rings (SSSR count). The maximum absolute atomic E-state index is 5.84. The summed E-state index contributed by atoms with van der Waals surface area (Å²) in [5.74, 6) is 2.90. The van der Waals surface area contributed by atoms with Gasteiger partial charge in [0.05, 0.1) is 0 Å². The van der Waals surface area contributed by atoms with E-state index in [1.165, 1.54) is 44.1 Å². The van der Waals surface area contributed by atoms with Crippen molar-refractivity contribution in [2.24, 2.45) is 11.3 Å². The summed E-state index contributed by atoms with van der Waals surface area (Å²) in [6.07, 6.45) is 7.98. The normalized spacial score (nSPS) is 19.3. The van der Waals surface area contributed by atoms with Crippen molar-refractivity contribution in [3.63, 3.8) is 0 Å². The maximum atomic E-state index is 5.84. The molecule has 1 aliphatic rings. The van der Waals surface area contributed by atoms with Crippen molar-refractivity contribution in [1.82, 2.24) is 5.32 Å². The summed E-state index contributed by atoms with van der Waals surface area (Å²) >= 11 is 0. The molecule has 0 aromatic carbocycles. The fourth-order valence-electron chi connectivity index (χ4n) is 4.38. The van der Waals surface area contributed by atoms with Gasteiger partial charge in [-0.1, -0.05) is 33.6 Å². The van der Waals surface area contributed by atoms with Crippen LogP contribution in [-0.2, 0) is 0 Å². The standard InChI is InChI=1S/C19H33NO/c1-6-11-20-18(17-12-15(4)21-16(17)5)19(13-14(2)3)9-7-8-10-19/h12,14,18,20H,6-11,13H2,1-5H3. The highest BCUT2D eigenvalue weighted by Gasteiger charge is 2.43. The minimum atomic E-state index is 0.421. The second-order valence-electron chi connectivity index (χ2n) is 7.42. The van der Waals surface area contributed by atoms with Gasteiger partial charge in [0, 0.05) is 11.6 Å². The summed E-state index contributed by atoms with van der Waals surface area (Å²) in [6, 6.07) is 2.73. The van der Waals surface area contributed by atoms with Crippen LogP contribution in [0, 0.1) is 25.2 Å². The van der Waals surface area contributed by atoms with Crippen LogP contribution in [0.3, 0.4) is 0 Å². The minimum Gasteiger partial charge on any atom is -0.466 e. The number of aryl methyl sites for hydroxylation is 2. The first-order valence-corrected chi connectivity index (χ1v) is 8.79. The molecule has 21 heavy (non-hydrogen) atoms. The van der Waals surface area contributed by atoms with Gasteiger partial charge < -0.3 is 9.73 Å². The molecule has 1 unspecified atom stereocenters. The highest BCUT2D eigenvalue weighted by Crippen LogP contribution is 2.52. The lowest BCUT2D eigenvalue weighted by Crippen LogP contribution is -2.38. The number of hydrogen-bond acceptors (Lipinski definition) is 2. The first-order valence-electron chi connectivity index (χ1n) is 8.79. The second-order valence-corrected chi connectivity index (χ2v) is 7.42. The van der Waals surface area contributed by atoms with E-state index in [4.69, 9.17) is 4.42 Å². The van der Waals surface area contributed by atoms with Gasteiger partial charge in [-0.25, -0.2) is 0 Å². The van der Waals surface area contributed by atoms with Gasteiger partial charge >= 0.3 is 0 Å². The average molecular weight is 291 g/mol. The van der Waals surface area contributed by atoms with E-state index >= 15 is 0 Å². The predicted molar refractivity (Wildman–Crippen MR) is 89.6 cm³/mol. The van der Waals surface area contributed by atoms with Crippen molar-refractivity contribution < 1.29 is 4.42 Å². The van der Waals surface area contributed by atoms with E-state index in [0.29, 0.717) is 11.5 Å². The van der Waals surface area contributed by atoms with Crippen LogP contribution < -0.4 is 5.32 Å². The maximum Gasteiger partial charge on any atom is 0.105 e. The third kappa shape index (κ3) is 3.71. The first kappa shape index (κ1) is 16.6. The van der Waals surface area contributed by atoms with E-state index in [2.05, 4.69) is 46.0 Å². The molecule has 0 radical (unpaired) electrons. The SMILES string of the molecule is CCCNC(c1cc(C)oc1C)C1(CC(C)C)CCCC1. The lowest BCUT2D eigenvalue weighted by atomic mass is 9.70. The van der Waals surface area contributed by atoms with E-state index in [1.54, 1.807) is 0 Å². The third-order valence-electron chi connectivity index (χ3n) is 5.02. The molecule has 1 N–H and O–H groups in total. The van der Waals surface area contributed by atoms with Gasteiger partial charge in [-0.05, 0) is 63.5 Å². The van der Waals surface area contributed by atoms with Crippen LogP contribution >= 0.6 is 0 Å². The summed E-state index contributed by atoms with van der Waals surface area (Å²) in [7, 11) is 0. The molecule has 1 heterocycles. The van der Waals surface area contributed by atoms with Crippen LogP contribution in [0.4, 0.5) is 0 Å². The smallest absolute Gasteiger partial charge is 0.105 e. The monoisotopic (exact) mass is 291 g/mol. The highest BCUT2D eigenvalue weighted by atomic mass is 16.3. The zero-order valence-electron chi connectivity index (χ0n) is 14.6. The fraction of sp³-hybridized carbons (Fsp3) is 0.789. The second kappa shape index (κ2) is 7.00. The third-order valence-corrected chi connectivity index (χ3v) is 5.02. The van der Waals surface area contributed by atoms with Crippen molar-refractivity contribution in [2.45, 2.75) is 79.2 Å². The largest absolute Gasteiger partial charge is 0.466 e. The molecule has 1 saturated carbocycles. The highest BCUT2D eigenvalue weighted by molar-refractivity contribution is 5.27. The Labute approximate surface area is 130 Å². The Morgan fingerprint density at radius 3 is 2.38 bits per heavy atom. The molecule has 1 atom stereocenters. The predicted octanol–water partition coefficient (Wildman–Crippen LogP) is 5.54. The van der Waals surface area contributed by atoms with Crippen molar-refractivity contribution in [2.75, 3.05) is 6.54 Å². The zero-order chi connectivity index (χ0) is 15.5. The Kier molecular flexibility index (Phi) is 5.54. The molecule has 1 aromatic rings. The summed E-state index contributed by atoms with van der Waals surface area (Å²) < 4.78 is 5.84. The Morgan fingerprint density at radius 1 is 1.24 bits per heavy atom. The van der Waals surface area contributed by atoms with Crippen LogP contribution in [0.15, 0.2) is 10.5 Å². The van der Waals surface area contributed by atoms with Crippen LogP contribution in [0.25, 0.3) is 0 Å². The van der Waals surface area contributed by atoms with Crippen LogP contribution in [0.2, 0.25) is 0 Å². The summed E-state index contributed by atoms with van der Waals surface area (Å²) in [6.45, 7) is 12.3. The zero-order valence-corrected chi connectivity index (χ0v) is 14.6. The Morgan fingerprint density at radius 2 is 1.90 bits per heavy atom. The molecule has 1 aliphatic carbocycles. The fourth-order valence-corrected chi connectivity index (χ4v) is 4.38. The number of nitrogens with one attached hydrogen (secondary N) is 1. The molecule has 0 aliphatic heterocycles. The van der Waals surface area contributed by atoms with Gasteiger partial charge in [0.25, 0.3) is 0 Å². The molecule has 0 spiro atoms. The molecular formula is C19H33NO. The first-order chi connectivity index (χ1) is 9.98. The molecule has 0 saturated heterocycles. The van der Waals surface area contributed by atoms with Gasteiger partial charge in [0.15, 0.2) is 0 Å². The quantitative estimate of drug-likeness (QED) is 0.713. The number of rotatable bonds is 7. The lowest BCUT2D eigenvalue weighted by molar-refractivity contribution is 0.154. The molecule has 0 amide bonds. The summed E-state index contributed by atoms with van der Waals surface area (Å²) in [4.78, 5) is 0. The summed E-state index contributed by atoms with van der Waals surface area (Å²) in [5, 5.41) is 3.87. The van der Waals surface area contributed by atoms with Gasteiger partial charge in [-0.2, -0.15) is 0 Å². The van der Waals surface area contributed by atoms with Gasteiger partial charge in [-0.3, -0.25) is 0 Å². The Balaban J connectivity index is 2.34. The minimum absolute atomic E-state index is 0.421. The van der Waals surface area contributed by atoms with E-state index in [9.17, 15) is 0 Å². The molecule has 0 bridgehead atoms. The molecule has 2 nitrogen and oxygen atoms in total. The van der Waals surface area contributed by atoms with E-state index < -0.39 is 0 Å². The summed E-state index contributed by atoms with van der Waals surface area (Å²) in [5.41, 5.74) is 1.83. The van der Waals surface area contributed by atoms with Crippen LogP contribution in [-0.4, -0.2) is 6.54 Å². The van der Waals surface area contributed by atoms with Crippen LogP contribution in [0.5, 0.6) is 0 Å². The van der Waals surface area contributed by atoms with Gasteiger partial charge in [-0.15, -0.1) is 0 Å². The molecule has 1 aromatic heterocycles. The molecule has 2 heteroatoms.